The number of thiazole rings is 1. The van der Waals surface area contributed by atoms with Gasteiger partial charge in [-0.25, -0.2) is 18.1 Å². The van der Waals surface area contributed by atoms with E-state index in [1.54, 1.807) is 24.5 Å². The maximum atomic E-state index is 12.1. The summed E-state index contributed by atoms with van der Waals surface area (Å²) in [5.41, 5.74) is 2.61. The van der Waals surface area contributed by atoms with Crippen molar-refractivity contribution in [2.45, 2.75) is 12.2 Å². The van der Waals surface area contributed by atoms with Gasteiger partial charge in [-0.05, 0) is 17.7 Å². The van der Waals surface area contributed by atoms with E-state index < -0.39 is 10.0 Å². The molecular formula is C17H17N3O2S2. The van der Waals surface area contributed by atoms with E-state index in [9.17, 15) is 8.42 Å². The van der Waals surface area contributed by atoms with E-state index in [0.717, 1.165) is 21.8 Å². The van der Waals surface area contributed by atoms with Crippen LogP contribution in [0.4, 0.5) is 0 Å². The van der Waals surface area contributed by atoms with E-state index in [0.29, 0.717) is 13.0 Å². The summed E-state index contributed by atoms with van der Waals surface area (Å²) in [5, 5.41) is 2.86. The number of hydrogen-bond acceptors (Lipinski definition) is 5. The zero-order valence-corrected chi connectivity index (χ0v) is 14.6. The van der Waals surface area contributed by atoms with Crippen LogP contribution in [0.25, 0.3) is 11.3 Å². The van der Waals surface area contributed by atoms with Crippen molar-refractivity contribution in [3.63, 3.8) is 0 Å². The minimum absolute atomic E-state index is 0.00730. The number of benzene rings is 1. The molecule has 0 amide bonds. The van der Waals surface area contributed by atoms with E-state index in [2.05, 4.69) is 14.7 Å². The second-order valence-corrected chi connectivity index (χ2v) is 8.01. The van der Waals surface area contributed by atoms with Gasteiger partial charge in [0.15, 0.2) is 0 Å². The van der Waals surface area contributed by atoms with Crippen molar-refractivity contribution in [3.05, 3.63) is 70.8 Å². The Morgan fingerprint density at radius 1 is 1.08 bits per heavy atom. The predicted octanol–water partition coefficient (Wildman–Crippen LogP) is 2.87. The predicted molar refractivity (Wildman–Crippen MR) is 96.1 cm³/mol. The monoisotopic (exact) mass is 359 g/mol. The van der Waals surface area contributed by atoms with Gasteiger partial charge in [0.2, 0.25) is 10.0 Å². The molecule has 24 heavy (non-hydrogen) atoms. The van der Waals surface area contributed by atoms with Crippen molar-refractivity contribution in [2.24, 2.45) is 0 Å². The molecule has 2 aromatic heterocycles. The molecule has 5 nitrogen and oxygen atoms in total. The standard InChI is InChI=1S/C17H17N3O2S2/c21-24(22,13-14-5-2-1-3-6-14)19-10-8-17-20-16(12-23-17)15-7-4-9-18-11-15/h1-7,9,11-12,19H,8,10,13H2. The summed E-state index contributed by atoms with van der Waals surface area (Å²) >= 11 is 1.53. The summed E-state index contributed by atoms with van der Waals surface area (Å²) < 4.78 is 26.8. The van der Waals surface area contributed by atoms with Crippen LogP contribution in [0.1, 0.15) is 10.6 Å². The third-order valence-electron chi connectivity index (χ3n) is 3.37. The second-order valence-electron chi connectivity index (χ2n) is 5.26. The second kappa shape index (κ2) is 7.65. The lowest BCUT2D eigenvalue weighted by atomic mass is 10.2. The van der Waals surface area contributed by atoms with E-state index in [4.69, 9.17) is 0 Å². The molecule has 0 atom stereocenters. The van der Waals surface area contributed by atoms with Crippen LogP contribution in [0.2, 0.25) is 0 Å². The molecule has 0 aliphatic rings. The maximum absolute atomic E-state index is 12.1. The van der Waals surface area contributed by atoms with Gasteiger partial charge in [-0.3, -0.25) is 4.98 Å². The van der Waals surface area contributed by atoms with E-state index in [-0.39, 0.29) is 5.75 Å². The summed E-state index contributed by atoms with van der Waals surface area (Å²) in [7, 11) is -3.33. The molecule has 0 spiro atoms. The Bertz CT molecular complexity index is 878. The molecule has 0 fully saturated rings. The van der Waals surface area contributed by atoms with Crippen molar-refractivity contribution < 1.29 is 8.42 Å². The molecule has 124 valence electrons. The van der Waals surface area contributed by atoms with Crippen molar-refractivity contribution in [3.8, 4) is 11.3 Å². The van der Waals surface area contributed by atoms with Crippen LogP contribution in [-0.4, -0.2) is 24.9 Å². The molecule has 0 unspecified atom stereocenters. The zero-order chi connectivity index (χ0) is 16.8. The van der Waals surface area contributed by atoms with Gasteiger partial charge < -0.3 is 0 Å². The molecule has 1 N–H and O–H groups in total. The van der Waals surface area contributed by atoms with Gasteiger partial charge in [0.1, 0.15) is 0 Å². The van der Waals surface area contributed by atoms with E-state index in [1.807, 2.05) is 35.7 Å². The van der Waals surface area contributed by atoms with Gasteiger partial charge in [-0.15, -0.1) is 11.3 Å². The summed E-state index contributed by atoms with van der Waals surface area (Å²) in [6.07, 6.45) is 4.05. The normalized spacial score (nSPS) is 11.5. The Kier molecular flexibility index (Phi) is 5.34. The molecule has 0 radical (unpaired) electrons. The van der Waals surface area contributed by atoms with Crippen LogP contribution >= 0.6 is 11.3 Å². The third kappa shape index (κ3) is 4.70. The zero-order valence-electron chi connectivity index (χ0n) is 12.9. The van der Waals surface area contributed by atoms with Crippen LogP contribution < -0.4 is 4.72 Å². The van der Waals surface area contributed by atoms with Gasteiger partial charge in [0.25, 0.3) is 0 Å². The van der Waals surface area contributed by atoms with Crippen molar-refractivity contribution >= 4 is 21.4 Å². The maximum Gasteiger partial charge on any atom is 0.215 e. The van der Waals surface area contributed by atoms with Gasteiger partial charge in [-0.1, -0.05) is 30.3 Å². The number of hydrogen-bond donors (Lipinski definition) is 1. The van der Waals surface area contributed by atoms with E-state index >= 15 is 0 Å². The first-order chi connectivity index (χ1) is 11.6. The highest BCUT2D eigenvalue weighted by Crippen LogP contribution is 2.20. The summed E-state index contributed by atoms with van der Waals surface area (Å²) in [5.74, 6) is -0.00730. The Labute approximate surface area is 145 Å². The lowest BCUT2D eigenvalue weighted by Gasteiger charge is -2.05. The average molecular weight is 359 g/mol. The highest BCUT2D eigenvalue weighted by Gasteiger charge is 2.11. The van der Waals surface area contributed by atoms with Gasteiger partial charge in [0, 0.05) is 36.3 Å². The van der Waals surface area contributed by atoms with Gasteiger partial charge in [0.05, 0.1) is 16.5 Å². The number of rotatable bonds is 7. The molecule has 0 saturated carbocycles. The Morgan fingerprint density at radius 3 is 2.67 bits per heavy atom. The summed E-state index contributed by atoms with van der Waals surface area (Å²) in [6.45, 7) is 0.342. The number of nitrogens with zero attached hydrogens (tertiary/aromatic N) is 2. The van der Waals surface area contributed by atoms with Crippen LogP contribution in [0.5, 0.6) is 0 Å². The molecular weight excluding hydrogens is 342 g/mol. The number of sulfonamides is 1. The van der Waals surface area contributed by atoms with Gasteiger partial charge >= 0.3 is 0 Å². The Hall–Kier alpha value is -2.09. The van der Waals surface area contributed by atoms with E-state index in [1.165, 1.54) is 11.3 Å². The minimum Gasteiger partial charge on any atom is -0.264 e. The average Bonchev–Trinajstić information content (AvgIpc) is 3.05. The largest absolute Gasteiger partial charge is 0.264 e. The fraction of sp³-hybridized carbons (Fsp3) is 0.176. The smallest absolute Gasteiger partial charge is 0.215 e. The summed E-state index contributed by atoms with van der Waals surface area (Å²) in [6, 6.07) is 13.0. The lowest BCUT2D eigenvalue weighted by molar-refractivity contribution is 0.580. The van der Waals surface area contributed by atoms with Crippen LogP contribution in [0.15, 0.2) is 60.2 Å². The Morgan fingerprint density at radius 2 is 1.92 bits per heavy atom. The molecule has 0 aliphatic carbocycles. The highest BCUT2D eigenvalue weighted by atomic mass is 32.2. The lowest BCUT2D eigenvalue weighted by Crippen LogP contribution is -2.27. The van der Waals surface area contributed by atoms with Crippen molar-refractivity contribution in [1.29, 1.82) is 0 Å². The fourth-order valence-corrected chi connectivity index (χ4v) is 4.18. The molecule has 7 heteroatoms. The van der Waals surface area contributed by atoms with Crippen LogP contribution in [0.3, 0.4) is 0 Å². The molecule has 0 bridgehead atoms. The first-order valence-corrected chi connectivity index (χ1v) is 10.0. The quantitative estimate of drug-likeness (QED) is 0.704. The summed E-state index contributed by atoms with van der Waals surface area (Å²) in [4.78, 5) is 8.61. The third-order valence-corrected chi connectivity index (χ3v) is 5.64. The molecule has 1 aromatic carbocycles. The van der Waals surface area contributed by atoms with Crippen LogP contribution in [-0.2, 0) is 22.2 Å². The minimum atomic E-state index is -3.33. The first kappa shape index (κ1) is 16.8. The molecule has 0 saturated heterocycles. The van der Waals surface area contributed by atoms with Crippen LogP contribution in [0, 0.1) is 0 Å². The number of nitrogens with one attached hydrogen (secondary N) is 1. The van der Waals surface area contributed by atoms with Gasteiger partial charge in [-0.2, -0.15) is 0 Å². The molecule has 3 rings (SSSR count). The number of aromatic nitrogens is 2. The Balaban J connectivity index is 1.54. The number of pyridine rings is 1. The topological polar surface area (TPSA) is 72.0 Å². The SMILES string of the molecule is O=S(=O)(Cc1ccccc1)NCCc1nc(-c2cccnc2)cs1. The highest BCUT2D eigenvalue weighted by molar-refractivity contribution is 7.88. The molecule has 2 heterocycles. The first-order valence-electron chi connectivity index (χ1n) is 7.48. The fourth-order valence-electron chi connectivity index (χ4n) is 2.23. The van der Waals surface area contributed by atoms with Crippen molar-refractivity contribution in [1.82, 2.24) is 14.7 Å². The molecule has 3 aromatic rings. The molecule has 0 aliphatic heterocycles. The van der Waals surface area contributed by atoms with Crippen molar-refractivity contribution in [2.75, 3.05) is 6.54 Å².